The minimum absolute atomic E-state index is 0.000422. The van der Waals surface area contributed by atoms with Crippen LogP contribution < -0.4 is 5.32 Å². The highest BCUT2D eigenvalue weighted by atomic mass is 19.1. The molecule has 23 heavy (non-hydrogen) atoms. The van der Waals surface area contributed by atoms with Crippen molar-refractivity contribution in [3.05, 3.63) is 65.6 Å². The van der Waals surface area contributed by atoms with Crippen molar-refractivity contribution < 1.29 is 19.1 Å². The number of carbonyl (C=O) groups excluding carboxylic acids is 1. The molecule has 0 unspecified atom stereocenters. The van der Waals surface area contributed by atoms with Crippen molar-refractivity contribution in [3.63, 3.8) is 0 Å². The molecule has 3 N–H and O–H groups in total. The normalized spacial score (nSPS) is 10.7. The van der Waals surface area contributed by atoms with Crippen molar-refractivity contribution in [1.82, 2.24) is 4.98 Å². The van der Waals surface area contributed by atoms with Crippen molar-refractivity contribution in [3.8, 4) is 0 Å². The van der Waals surface area contributed by atoms with Gasteiger partial charge in [0.05, 0.1) is 6.42 Å². The molecule has 0 aliphatic carbocycles. The molecule has 1 heterocycles. The molecule has 0 saturated heterocycles. The second kappa shape index (κ2) is 5.92. The van der Waals surface area contributed by atoms with Gasteiger partial charge in [0.25, 0.3) is 0 Å². The number of aromatic carboxylic acids is 1. The average Bonchev–Trinajstić information content (AvgIpc) is 2.89. The first-order valence-corrected chi connectivity index (χ1v) is 6.93. The fourth-order valence-corrected chi connectivity index (χ4v) is 2.47. The lowest BCUT2D eigenvalue weighted by atomic mass is 10.1. The Morgan fingerprint density at radius 1 is 1.09 bits per heavy atom. The molecule has 0 radical (unpaired) electrons. The van der Waals surface area contributed by atoms with Gasteiger partial charge in [0.1, 0.15) is 11.5 Å². The zero-order valence-corrected chi connectivity index (χ0v) is 12.0. The standard InChI is InChI=1S/C17H13FN2O3/c18-10-5-7-11(8-6-10)19-15(21)9-13-12-3-1-2-4-14(12)20-16(13)17(22)23/h1-8,20H,9H2,(H,19,21)(H,22,23). The molecule has 2 aromatic carbocycles. The summed E-state index contributed by atoms with van der Waals surface area (Å²) in [5, 5.41) is 12.6. The molecule has 0 atom stereocenters. The first-order valence-electron chi connectivity index (χ1n) is 6.93. The Balaban J connectivity index is 1.88. The monoisotopic (exact) mass is 312 g/mol. The second-order valence-corrected chi connectivity index (χ2v) is 5.06. The summed E-state index contributed by atoms with van der Waals surface area (Å²) in [6, 6.07) is 12.5. The number of aromatic nitrogens is 1. The number of fused-ring (bicyclic) bond motifs is 1. The van der Waals surface area contributed by atoms with Gasteiger partial charge < -0.3 is 15.4 Å². The number of carboxylic acids is 1. The van der Waals surface area contributed by atoms with E-state index in [0.717, 1.165) is 0 Å². The molecule has 1 aromatic heterocycles. The number of carboxylic acid groups (broad SMARTS) is 1. The summed E-state index contributed by atoms with van der Waals surface area (Å²) in [7, 11) is 0. The Hall–Kier alpha value is -3.15. The SMILES string of the molecule is O=C(Cc1c(C(=O)O)[nH]c2ccccc12)Nc1ccc(F)cc1. The zero-order valence-electron chi connectivity index (χ0n) is 12.0. The number of amides is 1. The van der Waals surface area contributed by atoms with E-state index in [2.05, 4.69) is 10.3 Å². The van der Waals surface area contributed by atoms with Crippen LogP contribution in [0.2, 0.25) is 0 Å². The Morgan fingerprint density at radius 3 is 2.48 bits per heavy atom. The van der Waals surface area contributed by atoms with Crippen LogP contribution in [0.4, 0.5) is 10.1 Å². The van der Waals surface area contributed by atoms with E-state index in [0.29, 0.717) is 22.2 Å². The molecule has 5 nitrogen and oxygen atoms in total. The smallest absolute Gasteiger partial charge is 0.352 e. The van der Waals surface area contributed by atoms with Crippen LogP contribution in [0.5, 0.6) is 0 Å². The highest BCUT2D eigenvalue weighted by Crippen LogP contribution is 2.23. The van der Waals surface area contributed by atoms with Gasteiger partial charge in [-0.05, 0) is 30.3 Å². The molecule has 1 amide bonds. The van der Waals surface area contributed by atoms with Gasteiger partial charge in [-0.3, -0.25) is 4.79 Å². The largest absolute Gasteiger partial charge is 0.477 e. The maximum atomic E-state index is 12.9. The number of hydrogen-bond donors (Lipinski definition) is 3. The molecule has 3 rings (SSSR count). The maximum Gasteiger partial charge on any atom is 0.352 e. The van der Waals surface area contributed by atoms with Gasteiger partial charge in [0.15, 0.2) is 0 Å². The van der Waals surface area contributed by atoms with Gasteiger partial charge in [-0.2, -0.15) is 0 Å². The van der Waals surface area contributed by atoms with E-state index in [-0.39, 0.29) is 18.0 Å². The van der Waals surface area contributed by atoms with Crippen LogP contribution in [0.3, 0.4) is 0 Å². The van der Waals surface area contributed by atoms with Gasteiger partial charge in [-0.25, -0.2) is 9.18 Å². The van der Waals surface area contributed by atoms with Gasteiger partial charge in [0, 0.05) is 22.2 Å². The fourth-order valence-electron chi connectivity index (χ4n) is 2.47. The maximum absolute atomic E-state index is 12.9. The summed E-state index contributed by atoms with van der Waals surface area (Å²) in [6.45, 7) is 0. The molecule has 3 aromatic rings. The first-order chi connectivity index (χ1) is 11.0. The van der Waals surface area contributed by atoms with Crippen molar-refractivity contribution >= 4 is 28.5 Å². The van der Waals surface area contributed by atoms with E-state index in [1.54, 1.807) is 24.3 Å². The quantitative estimate of drug-likeness (QED) is 0.692. The lowest BCUT2D eigenvalue weighted by Crippen LogP contribution is -2.16. The Kier molecular flexibility index (Phi) is 3.80. The minimum Gasteiger partial charge on any atom is -0.477 e. The van der Waals surface area contributed by atoms with Crippen LogP contribution in [-0.2, 0) is 11.2 Å². The lowest BCUT2D eigenvalue weighted by Gasteiger charge is -2.05. The molecule has 0 aliphatic heterocycles. The van der Waals surface area contributed by atoms with Gasteiger partial charge in [-0.1, -0.05) is 18.2 Å². The number of hydrogen-bond acceptors (Lipinski definition) is 2. The van der Waals surface area contributed by atoms with Crippen LogP contribution in [0, 0.1) is 5.82 Å². The first kappa shape index (κ1) is 14.8. The molecule has 0 aliphatic rings. The Labute approximate surface area is 130 Å². The second-order valence-electron chi connectivity index (χ2n) is 5.06. The molecule has 6 heteroatoms. The number of para-hydroxylation sites is 1. The number of halogens is 1. The summed E-state index contributed by atoms with van der Waals surface area (Å²) in [5.74, 6) is -1.89. The van der Waals surface area contributed by atoms with Crippen molar-refractivity contribution in [1.29, 1.82) is 0 Å². The van der Waals surface area contributed by atoms with E-state index in [1.165, 1.54) is 24.3 Å². The van der Waals surface area contributed by atoms with E-state index >= 15 is 0 Å². The molecule has 0 spiro atoms. The summed E-state index contributed by atoms with van der Waals surface area (Å²) < 4.78 is 12.9. The fraction of sp³-hybridized carbons (Fsp3) is 0.0588. The topological polar surface area (TPSA) is 82.2 Å². The Bertz CT molecular complexity index is 884. The van der Waals surface area contributed by atoms with E-state index in [1.807, 2.05) is 0 Å². The van der Waals surface area contributed by atoms with Crippen molar-refractivity contribution in [2.45, 2.75) is 6.42 Å². The predicted octanol–water partition coefficient (Wildman–Crippen LogP) is 3.19. The van der Waals surface area contributed by atoms with E-state index in [4.69, 9.17) is 0 Å². The molecule has 0 bridgehead atoms. The molecular formula is C17H13FN2O3. The number of rotatable bonds is 4. The number of H-pyrrole nitrogens is 1. The predicted molar refractivity (Wildman–Crippen MR) is 84.0 cm³/mol. The van der Waals surface area contributed by atoms with Crippen LogP contribution in [0.1, 0.15) is 16.1 Å². The van der Waals surface area contributed by atoms with Gasteiger partial charge >= 0.3 is 5.97 Å². The summed E-state index contributed by atoms with van der Waals surface area (Å²) >= 11 is 0. The average molecular weight is 312 g/mol. The molecule has 0 fully saturated rings. The number of nitrogens with one attached hydrogen (secondary N) is 2. The summed E-state index contributed by atoms with van der Waals surface area (Å²) in [6.07, 6.45) is -0.0942. The van der Waals surface area contributed by atoms with Crippen LogP contribution in [-0.4, -0.2) is 22.0 Å². The van der Waals surface area contributed by atoms with Gasteiger partial charge in [-0.15, -0.1) is 0 Å². The molecule has 116 valence electrons. The summed E-state index contributed by atoms with van der Waals surface area (Å²) in [4.78, 5) is 26.3. The third-order valence-electron chi connectivity index (χ3n) is 3.49. The number of carbonyl (C=O) groups is 2. The Morgan fingerprint density at radius 2 is 1.78 bits per heavy atom. The van der Waals surface area contributed by atoms with E-state index in [9.17, 15) is 19.1 Å². The highest BCUT2D eigenvalue weighted by molar-refractivity contribution is 6.02. The number of benzene rings is 2. The summed E-state index contributed by atoms with van der Waals surface area (Å²) in [5.41, 5.74) is 1.54. The molecule has 0 saturated carbocycles. The molecular weight excluding hydrogens is 299 g/mol. The number of anilines is 1. The van der Waals surface area contributed by atoms with Crippen LogP contribution >= 0.6 is 0 Å². The van der Waals surface area contributed by atoms with E-state index < -0.39 is 11.8 Å². The zero-order chi connectivity index (χ0) is 16.4. The third-order valence-corrected chi connectivity index (χ3v) is 3.49. The van der Waals surface area contributed by atoms with Crippen molar-refractivity contribution in [2.75, 3.05) is 5.32 Å². The highest BCUT2D eigenvalue weighted by Gasteiger charge is 2.19. The van der Waals surface area contributed by atoms with Crippen LogP contribution in [0.25, 0.3) is 10.9 Å². The van der Waals surface area contributed by atoms with Crippen molar-refractivity contribution in [2.24, 2.45) is 0 Å². The van der Waals surface area contributed by atoms with Crippen LogP contribution in [0.15, 0.2) is 48.5 Å². The lowest BCUT2D eigenvalue weighted by molar-refractivity contribution is -0.115. The third kappa shape index (κ3) is 3.06. The minimum atomic E-state index is -1.12. The van der Waals surface area contributed by atoms with Gasteiger partial charge in [0.2, 0.25) is 5.91 Å². The number of aromatic amines is 1.